The highest BCUT2D eigenvalue weighted by atomic mass is 16.6. The minimum atomic E-state index is -0.530. The van der Waals surface area contributed by atoms with Gasteiger partial charge in [0, 0.05) is 13.3 Å². The van der Waals surface area contributed by atoms with Gasteiger partial charge in [0.15, 0.2) is 0 Å². The van der Waals surface area contributed by atoms with E-state index in [0.29, 0.717) is 13.0 Å². The quantitative estimate of drug-likeness (QED) is 0.236. The molecule has 0 amide bonds. The first-order valence-electron chi connectivity index (χ1n) is 9.89. The molecule has 0 rings (SSSR count). The summed E-state index contributed by atoms with van der Waals surface area (Å²) in [5.41, 5.74) is 0. The molecule has 25 heavy (non-hydrogen) atoms. The molecule has 0 aromatic rings. The second-order valence-corrected chi connectivity index (χ2v) is 6.63. The summed E-state index contributed by atoms with van der Waals surface area (Å²) in [6.07, 6.45) is 10.9. The van der Waals surface area contributed by atoms with Gasteiger partial charge in [-0.1, -0.05) is 58.8 Å². The molecule has 0 spiro atoms. The van der Waals surface area contributed by atoms with Crippen molar-refractivity contribution in [3.05, 3.63) is 0 Å². The van der Waals surface area contributed by atoms with Crippen molar-refractivity contribution in [3.63, 3.8) is 0 Å². The van der Waals surface area contributed by atoms with E-state index in [2.05, 4.69) is 13.8 Å². The number of esters is 3. The summed E-state index contributed by atoms with van der Waals surface area (Å²) in [6, 6.07) is 0. The summed E-state index contributed by atoms with van der Waals surface area (Å²) in [4.78, 5) is 34.3. The molecule has 0 fully saturated rings. The van der Waals surface area contributed by atoms with Crippen LogP contribution in [-0.2, 0) is 23.9 Å². The van der Waals surface area contributed by atoms with Crippen molar-refractivity contribution in [2.45, 2.75) is 97.8 Å². The van der Waals surface area contributed by atoms with Crippen LogP contribution in [0.3, 0.4) is 0 Å². The van der Waals surface area contributed by atoms with E-state index in [-0.39, 0.29) is 17.9 Å². The van der Waals surface area contributed by atoms with Gasteiger partial charge in [0.2, 0.25) is 0 Å². The van der Waals surface area contributed by atoms with Gasteiger partial charge in [-0.05, 0) is 25.7 Å². The molecule has 0 aromatic heterocycles. The Labute approximate surface area is 152 Å². The van der Waals surface area contributed by atoms with E-state index < -0.39 is 5.97 Å². The fraction of sp³-hybridized carbons (Fsp3) is 0.850. The first-order valence-corrected chi connectivity index (χ1v) is 9.89. The lowest BCUT2D eigenvalue weighted by Crippen LogP contribution is -2.20. The lowest BCUT2D eigenvalue weighted by atomic mass is 9.95. The van der Waals surface area contributed by atoms with Gasteiger partial charge in [-0.15, -0.1) is 0 Å². The second-order valence-electron chi connectivity index (χ2n) is 6.63. The molecule has 0 aliphatic rings. The molecular weight excluding hydrogens is 320 g/mol. The predicted octanol–water partition coefficient (Wildman–Crippen LogP) is 4.96. The van der Waals surface area contributed by atoms with Crippen molar-refractivity contribution in [2.75, 3.05) is 6.61 Å². The molecule has 146 valence electrons. The molecule has 1 atom stereocenters. The van der Waals surface area contributed by atoms with Crippen LogP contribution in [0.5, 0.6) is 0 Å². The molecule has 0 saturated carbocycles. The van der Waals surface area contributed by atoms with Crippen molar-refractivity contribution in [3.8, 4) is 0 Å². The fourth-order valence-corrected chi connectivity index (χ4v) is 2.65. The normalized spacial score (nSPS) is 11.8. The average molecular weight is 357 g/mol. The maximum Gasteiger partial charge on any atom is 0.316 e. The Kier molecular flexibility index (Phi) is 15.2. The van der Waals surface area contributed by atoms with Crippen LogP contribution in [0.4, 0.5) is 0 Å². The smallest absolute Gasteiger partial charge is 0.316 e. The van der Waals surface area contributed by atoms with Crippen molar-refractivity contribution < 1.29 is 23.9 Å². The third-order valence-corrected chi connectivity index (χ3v) is 4.18. The van der Waals surface area contributed by atoms with Crippen LogP contribution in [0.1, 0.15) is 97.8 Å². The standard InChI is InChI=1S/C20H36O5/c1-4-6-13-18(20(23)25-17(3)21)14-11-9-8-10-12-15-19(22)24-16-7-5-2/h18H,4-16H2,1-3H3. The summed E-state index contributed by atoms with van der Waals surface area (Å²) in [5, 5.41) is 0. The zero-order chi connectivity index (χ0) is 18.9. The zero-order valence-electron chi connectivity index (χ0n) is 16.3. The maximum atomic E-state index is 11.9. The molecule has 0 bridgehead atoms. The predicted molar refractivity (Wildman–Crippen MR) is 98.0 cm³/mol. The largest absolute Gasteiger partial charge is 0.466 e. The second kappa shape index (κ2) is 16.1. The first kappa shape index (κ1) is 23.6. The minimum Gasteiger partial charge on any atom is -0.466 e. The number of hydrogen-bond acceptors (Lipinski definition) is 5. The van der Waals surface area contributed by atoms with Gasteiger partial charge in [0.1, 0.15) is 0 Å². The highest BCUT2D eigenvalue weighted by molar-refractivity contribution is 5.85. The summed E-state index contributed by atoms with van der Waals surface area (Å²) >= 11 is 0. The number of unbranched alkanes of at least 4 members (excludes halogenated alkanes) is 6. The Balaban J connectivity index is 3.78. The molecule has 0 aliphatic carbocycles. The Morgan fingerprint density at radius 2 is 1.40 bits per heavy atom. The average Bonchev–Trinajstić information content (AvgIpc) is 2.56. The van der Waals surface area contributed by atoms with Crippen LogP contribution in [-0.4, -0.2) is 24.5 Å². The third-order valence-electron chi connectivity index (χ3n) is 4.18. The van der Waals surface area contributed by atoms with Gasteiger partial charge in [0.05, 0.1) is 12.5 Å². The third kappa shape index (κ3) is 14.6. The molecular formula is C20H36O5. The molecule has 0 heterocycles. The molecule has 0 saturated heterocycles. The lowest BCUT2D eigenvalue weighted by Gasteiger charge is -2.14. The van der Waals surface area contributed by atoms with E-state index in [4.69, 9.17) is 9.47 Å². The summed E-state index contributed by atoms with van der Waals surface area (Å²) in [6.45, 7) is 5.95. The van der Waals surface area contributed by atoms with Crippen LogP contribution in [0.25, 0.3) is 0 Å². The zero-order valence-corrected chi connectivity index (χ0v) is 16.3. The van der Waals surface area contributed by atoms with Crippen LogP contribution in [0, 0.1) is 5.92 Å². The van der Waals surface area contributed by atoms with Gasteiger partial charge >= 0.3 is 17.9 Å². The molecule has 0 radical (unpaired) electrons. The number of carbonyl (C=O) groups is 3. The van der Waals surface area contributed by atoms with E-state index in [9.17, 15) is 14.4 Å². The van der Waals surface area contributed by atoms with Gasteiger partial charge in [-0.2, -0.15) is 0 Å². The molecule has 5 nitrogen and oxygen atoms in total. The van der Waals surface area contributed by atoms with E-state index >= 15 is 0 Å². The van der Waals surface area contributed by atoms with Crippen LogP contribution < -0.4 is 0 Å². The SMILES string of the molecule is CCCCOC(=O)CCCCCCCC(CCCC)C(=O)OC(C)=O. The lowest BCUT2D eigenvalue weighted by molar-refractivity contribution is -0.161. The highest BCUT2D eigenvalue weighted by Gasteiger charge is 2.20. The minimum absolute atomic E-state index is 0.0972. The first-order chi connectivity index (χ1) is 12.0. The monoisotopic (exact) mass is 356 g/mol. The number of ether oxygens (including phenoxy) is 2. The topological polar surface area (TPSA) is 69.7 Å². The number of rotatable bonds is 15. The van der Waals surface area contributed by atoms with Gasteiger partial charge < -0.3 is 9.47 Å². The Bertz CT molecular complexity index is 378. The van der Waals surface area contributed by atoms with E-state index in [1.807, 2.05) is 0 Å². The Morgan fingerprint density at radius 3 is 2.04 bits per heavy atom. The summed E-state index contributed by atoms with van der Waals surface area (Å²) in [5.74, 6) is -1.18. The molecule has 0 aliphatic heterocycles. The molecule has 0 N–H and O–H groups in total. The molecule has 0 aromatic carbocycles. The molecule has 1 unspecified atom stereocenters. The summed E-state index contributed by atoms with van der Waals surface area (Å²) < 4.78 is 9.86. The summed E-state index contributed by atoms with van der Waals surface area (Å²) in [7, 11) is 0. The van der Waals surface area contributed by atoms with E-state index in [1.54, 1.807) is 0 Å². The molecule has 5 heteroatoms. The maximum absolute atomic E-state index is 11.9. The Hall–Kier alpha value is -1.39. The van der Waals surface area contributed by atoms with Gasteiger partial charge in [0.25, 0.3) is 0 Å². The fourth-order valence-electron chi connectivity index (χ4n) is 2.65. The van der Waals surface area contributed by atoms with Crippen molar-refractivity contribution >= 4 is 17.9 Å². The van der Waals surface area contributed by atoms with Crippen LogP contribution in [0.2, 0.25) is 0 Å². The van der Waals surface area contributed by atoms with Crippen LogP contribution in [0.15, 0.2) is 0 Å². The Morgan fingerprint density at radius 1 is 0.800 bits per heavy atom. The van der Waals surface area contributed by atoms with Crippen LogP contribution >= 0.6 is 0 Å². The van der Waals surface area contributed by atoms with Crippen molar-refractivity contribution in [1.82, 2.24) is 0 Å². The van der Waals surface area contributed by atoms with Crippen molar-refractivity contribution in [1.29, 1.82) is 0 Å². The van der Waals surface area contributed by atoms with E-state index in [0.717, 1.165) is 70.6 Å². The van der Waals surface area contributed by atoms with Crippen molar-refractivity contribution in [2.24, 2.45) is 5.92 Å². The number of carbonyl (C=O) groups excluding carboxylic acids is 3. The highest BCUT2D eigenvalue weighted by Crippen LogP contribution is 2.19. The number of hydrogen-bond donors (Lipinski definition) is 0. The van der Waals surface area contributed by atoms with Gasteiger partial charge in [-0.25, -0.2) is 0 Å². The van der Waals surface area contributed by atoms with E-state index in [1.165, 1.54) is 6.92 Å². The van der Waals surface area contributed by atoms with Gasteiger partial charge in [-0.3, -0.25) is 14.4 Å².